The van der Waals surface area contributed by atoms with Crippen LogP contribution < -0.4 is 0 Å². The first-order valence-electron chi connectivity index (χ1n) is 5.21. The summed E-state index contributed by atoms with van der Waals surface area (Å²) >= 11 is 7.85. The van der Waals surface area contributed by atoms with Gasteiger partial charge in [-0.1, -0.05) is 24.4 Å². The third-order valence-corrected chi connectivity index (χ3v) is 4.36. The molecule has 0 saturated heterocycles. The molecule has 1 saturated carbocycles. The van der Waals surface area contributed by atoms with E-state index in [4.69, 9.17) is 11.6 Å². The Balaban J connectivity index is 2.08. The normalized spacial score (nSPS) is 16.9. The highest BCUT2D eigenvalue weighted by molar-refractivity contribution is 8.00. The average molecular weight is 241 g/mol. The van der Waals surface area contributed by atoms with Crippen molar-refractivity contribution in [3.8, 4) is 0 Å². The van der Waals surface area contributed by atoms with Gasteiger partial charge >= 0.3 is 0 Å². The zero-order valence-corrected chi connectivity index (χ0v) is 9.98. The zero-order valence-electron chi connectivity index (χ0n) is 8.41. The summed E-state index contributed by atoms with van der Waals surface area (Å²) in [6.07, 6.45) is 6.09. The Morgan fingerprint density at radius 1 is 1.33 bits per heavy atom. The monoisotopic (exact) mass is 240 g/mol. The third kappa shape index (κ3) is 2.76. The van der Waals surface area contributed by atoms with Gasteiger partial charge in [0.05, 0.1) is 5.02 Å². The van der Waals surface area contributed by atoms with Crippen molar-refractivity contribution in [2.24, 2.45) is 0 Å². The summed E-state index contributed by atoms with van der Waals surface area (Å²) in [6, 6.07) is 5.68. The molecule has 15 heavy (non-hydrogen) atoms. The van der Waals surface area contributed by atoms with Crippen LogP contribution in [0.1, 0.15) is 36.0 Å². The third-order valence-electron chi connectivity index (χ3n) is 2.70. The highest BCUT2D eigenvalue weighted by atomic mass is 35.5. The lowest BCUT2D eigenvalue weighted by molar-refractivity contribution is 0.112. The van der Waals surface area contributed by atoms with E-state index in [0.29, 0.717) is 10.6 Å². The number of rotatable bonds is 3. The van der Waals surface area contributed by atoms with Crippen molar-refractivity contribution in [1.82, 2.24) is 0 Å². The van der Waals surface area contributed by atoms with E-state index in [1.54, 1.807) is 6.07 Å². The molecule has 0 bridgehead atoms. The van der Waals surface area contributed by atoms with E-state index in [0.717, 1.165) is 11.5 Å². The Morgan fingerprint density at radius 2 is 2.07 bits per heavy atom. The summed E-state index contributed by atoms with van der Waals surface area (Å²) in [5, 5.41) is 1.30. The Kier molecular flexibility index (Phi) is 3.71. The van der Waals surface area contributed by atoms with Gasteiger partial charge in [0.15, 0.2) is 6.29 Å². The van der Waals surface area contributed by atoms with Gasteiger partial charge < -0.3 is 0 Å². The summed E-state index contributed by atoms with van der Waals surface area (Å²) in [4.78, 5) is 11.8. The first-order chi connectivity index (χ1) is 7.29. The van der Waals surface area contributed by atoms with E-state index in [9.17, 15) is 4.79 Å². The van der Waals surface area contributed by atoms with Gasteiger partial charge in [-0.3, -0.25) is 4.79 Å². The van der Waals surface area contributed by atoms with Crippen molar-refractivity contribution in [3.05, 3.63) is 28.8 Å². The van der Waals surface area contributed by atoms with Gasteiger partial charge in [-0.2, -0.15) is 0 Å². The Bertz CT molecular complexity index is 359. The largest absolute Gasteiger partial charge is 0.298 e. The van der Waals surface area contributed by atoms with Crippen LogP contribution in [0.25, 0.3) is 0 Å². The summed E-state index contributed by atoms with van der Waals surface area (Å²) in [7, 11) is 0. The summed E-state index contributed by atoms with van der Waals surface area (Å²) < 4.78 is 0. The van der Waals surface area contributed by atoms with Crippen molar-refractivity contribution in [2.45, 2.75) is 35.8 Å². The second-order valence-corrected chi connectivity index (χ2v) is 5.61. The fraction of sp³-hybridized carbons (Fsp3) is 0.417. The molecule has 0 heterocycles. The highest BCUT2D eigenvalue weighted by Gasteiger charge is 2.16. The van der Waals surface area contributed by atoms with Crippen molar-refractivity contribution in [2.75, 3.05) is 0 Å². The molecular formula is C12H13ClOS. The van der Waals surface area contributed by atoms with Gasteiger partial charge in [-0.25, -0.2) is 0 Å². The maximum absolute atomic E-state index is 10.6. The van der Waals surface area contributed by atoms with Gasteiger partial charge in [0, 0.05) is 15.7 Å². The molecule has 0 amide bonds. The topological polar surface area (TPSA) is 17.1 Å². The van der Waals surface area contributed by atoms with E-state index < -0.39 is 0 Å². The van der Waals surface area contributed by atoms with Crippen molar-refractivity contribution in [1.29, 1.82) is 0 Å². The number of halogens is 1. The van der Waals surface area contributed by atoms with Crippen molar-refractivity contribution in [3.63, 3.8) is 0 Å². The predicted octanol–water partition coefficient (Wildman–Crippen LogP) is 4.19. The van der Waals surface area contributed by atoms with Gasteiger partial charge in [-0.15, -0.1) is 11.8 Å². The molecule has 0 radical (unpaired) electrons. The lowest BCUT2D eigenvalue weighted by Gasteiger charge is -2.09. The maximum Gasteiger partial charge on any atom is 0.151 e. The highest BCUT2D eigenvalue weighted by Crippen LogP contribution is 2.35. The molecule has 1 aliphatic rings. The lowest BCUT2D eigenvalue weighted by Crippen LogP contribution is -1.93. The Morgan fingerprint density at radius 3 is 2.67 bits per heavy atom. The zero-order chi connectivity index (χ0) is 10.7. The van der Waals surface area contributed by atoms with Crippen LogP contribution in [-0.2, 0) is 0 Å². The smallest absolute Gasteiger partial charge is 0.151 e. The minimum Gasteiger partial charge on any atom is -0.298 e. The Hall–Kier alpha value is -0.470. The lowest BCUT2D eigenvalue weighted by atomic mass is 10.2. The number of hydrogen-bond donors (Lipinski definition) is 0. The molecule has 0 unspecified atom stereocenters. The Labute approximate surface area is 99.2 Å². The van der Waals surface area contributed by atoms with Gasteiger partial charge in [-0.05, 0) is 31.0 Å². The van der Waals surface area contributed by atoms with Crippen molar-refractivity contribution < 1.29 is 4.79 Å². The molecule has 1 fully saturated rings. The maximum atomic E-state index is 10.6. The molecule has 0 N–H and O–H groups in total. The van der Waals surface area contributed by atoms with E-state index in [2.05, 4.69) is 0 Å². The van der Waals surface area contributed by atoms with Crippen LogP contribution in [0, 0.1) is 0 Å². The molecule has 0 aliphatic heterocycles. The number of carbonyl (C=O) groups is 1. The predicted molar refractivity (Wildman–Crippen MR) is 65.0 cm³/mol. The van der Waals surface area contributed by atoms with Gasteiger partial charge in [0.1, 0.15) is 0 Å². The summed E-state index contributed by atoms with van der Waals surface area (Å²) in [6.45, 7) is 0. The van der Waals surface area contributed by atoms with E-state index in [-0.39, 0.29) is 0 Å². The second kappa shape index (κ2) is 5.04. The van der Waals surface area contributed by atoms with Gasteiger partial charge in [0.2, 0.25) is 0 Å². The summed E-state index contributed by atoms with van der Waals surface area (Å²) in [5.74, 6) is 0. The molecule has 0 spiro atoms. The van der Waals surface area contributed by atoms with E-state index in [1.165, 1.54) is 30.6 Å². The van der Waals surface area contributed by atoms with Crippen molar-refractivity contribution >= 4 is 29.6 Å². The molecular weight excluding hydrogens is 228 g/mol. The molecule has 3 heteroatoms. The molecule has 80 valence electrons. The average Bonchev–Trinajstić information content (AvgIpc) is 2.71. The number of carbonyl (C=O) groups excluding carboxylic acids is 1. The molecule has 0 aromatic heterocycles. The van der Waals surface area contributed by atoms with Crippen LogP contribution in [0.2, 0.25) is 5.02 Å². The number of benzene rings is 1. The summed E-state index contributed by atoms with van der Waals surface area (Å²) in [5.41, 5.74) is 0.576. The molecule has 1 aliphatic carbocycles. The van der Waals surface area contributed by atoms with Crippen LogP contribution in [0.3, 0.4) is 0 Å². The second-order valence-electron chi connectivity index (χ2n) is 3.83. The SMILES string of the molecule is O=Cc1ccc(SC2CCCC2)cc1Cl. The van der Waals surface area contributed by atoms with Gasteiger partial charge in [0.25, 0.3) is 0 Å². The minimum absolute atomic E-state index is 0.563. The quantitative estimate of drug-likeness (QED) is 0.737. The molecule has 1 aromatic carbocycles. The standard InChI is InChI=1S/C12H13ClOS/c13-12-7-11(6-5-9(12)8-14)15-10-3-1-2-4-10/h5-8,10H,1-4H2. The number of thioether (sulfide) groups is 1. The fourth-order valence-corrected chi connectivity index (χ4v) is 3.45. The van der Waals surface area contributed by atoms with Crippen LogP contribution in [0.5, 0.6) is 0 Å². The molecule has 1 aromatic rings. The minimum atomic E-state index is 0.563. The van der Waals surface area contributed by atoms with Crippen LogP contribution in [0.15, 0.2) is 23.1 Å². The molecule has 0 atom stereocenters. The number of aldehydes is 1. The molecule has 2 rings (SSSR count). The van der Waals surface area contributed by atoms with Crippen LogP contribution in [0.4, 0.5) is 0 Å². The first-order valence-corrected chi connectivity index (χ1v) is 6.47. The first kappa shape index (κ1) is 11.0. The molecule has 1 nitrogen and oxygen atoms in total. The van der Waals surface area contributed by atoms with E-state index >= 15 is 0 Å². The van der Waals surface area contributed by atoms with Crippen LogP contribution in [-0.4, -0.2) is 11.5 Å². The number of hydrogen-bond acceptors (Lipinski definition) is 2. The van der Waals surface area contributed by atoms with E-state index in [1.807, 2.05) is 23.9 Å². The fourth-order valence-electron chi connectivity index (χ4n) is 1.88. The van der Waals surface area contributed by atoms with Crippen LogP contribution >= 0.6 is 23.4 Å².